The van der Waals surface area contributed by atoms with Crippen molar-refractivity contribution in [1.29, 1.82) is 0 Å². The number of rotatable bonds is 3. The van der Waals surface area contributed by atoms with Crippen LogP contribution in [0.5, 0.6) is 0 Å². The van der Waals surface area contributed by atoms with Crippen LogP contribution in [0, 0.1) is 18.6 Å². The molecule has 0 bridgehead atoms. The van der Waals surface area contributed by atoms with Crippen LogP contribution in [0.25, 0.3) is 0 Å². The molecule has 0 saturated heterocycles. The lowest BCUT2D eigenvalue weighted by atomic mass is 9.96. The number of aryl methyl sites for hydroxylation is 1. The molecule has 2 rings (SSSR count). The van der Waals surface area contributed by atoms with Crippen molar-refractivity contribution in [2.75, 3.05) is 7.05 Å². The SMILES string of the molecule is CNC(c1ccccc1)c1c(F)ccc(C)c1F. The highest BCUT2D eigenvalue weighted by Gasteiger charge is 2.21. The van der Waals surface area contributed by atoms with Crippen LogP contribution in [0.4, 0.5) is 8.78 Å². The molecule has 0 radical (unpaired) electrons. The number of nitrogens with one attached hydrogen (secondary N) is 1. The van der Waals surface area contributed by atoms with E-state index in [9.17, 15) is 8.78 Å². The van der Waals surface area contributed by atoms with E-state index in [-0.39, 0.29) is 5.56 Å². The Morgan fingerprint density at radius 2 is 1.67 bits per heavy atom. The summed E-state index contributed by atoms with van der Waals surface area (Å²) in [6.45, 7) is 1.63. The van der Waals surface area contributed by atoms with Gasteiger partial charge in [0.1, 0.15) is 11.6 Å². The number of benzene rings is 2. The van der Waals surface area contributed by atoms with E-state index in [1.54, 1.807) is 14.0 Å². The summed E-state index contributed by atoms with van der Waals surface area (Å²) < 4.78 is 28.0. The molecule has 0 amide bonds. The third-order valence-corrected chi connectivity index (χ3v) is 3.03. The number of hydrogen-bond donors (Lipinski definition) is 1. The molecule has 0 aromatic heterocycles. The predicted molar refractivity (Wildman–Crippen MR) is 68.4 cm³/mol. The summed E-state index contributed by atoms with van der Waals surface area (Å²) >= 11 is 0. The highest BCUT2D eigenvalue weighted by molar-refractivity contribution is 5.36. The smallest absolute Gasteiger partial charge is 0.134 e. The van der Waals surface area contributed by atoms with Crippen LogP contribution >= 0.6 is 0 Å². The van der Waals surface area contributed by atoms with Crippen molar-refractivity contribution in [1.82, 2.24) is 5.32 Å². The van der Waals surface area contributed by atoms with Gasteiger partial charge in [-0.25, -0.2) is 8.78 Å². The monoisotopic (exact) mass is 247 g/mol. The minimum atomic E-state index is -0.527. The first-order valence-electron chi connectivity index (χ1n) is 5.82. The van der Waals surface area contributed by atoms with Crippen molar-refractivity contribution in [3.05, 3.63) is 70.8 Å². The largest absolute Gasteiger partial charge is 0.309 e. The molecule has 1 unspecified atom stereocenters. The van der Waals surface area contributed by atoms with Crippen LogP contribution < -0.4 is 5.32 Å². The van der Waals surface area contributed by atoms with Crippen molar-refractivity contribution in [3.63, 3.8) is 0 Å². The molecule has 0 spiro atoms. The molecule has 94 valence electrons. The van der Waals surface area contributed by atoms with E-state index in [1.807, 2.05) is 30.3 Å². The summed E-state index contributed by atoms with van der Waals surface area (Å²) in [5.74, 6) is -1.01. The van der Waals surface area contributed by atoms with E-state index >= 15 is 0 Å². The molecule has 2 aromatic carbocycles. The van der Waals surface area contributed by atoms with Gasteiger partial charge in [-0.05, 0) is 31.2 Å². The fourth-order valence-corrected chi connectivity index (χ4v) is 2.07. The molecule has 1 N–H and O–H groups in total. The Bertz CT molecular complexity index is 538. The summed E-state index contributed by atoms with van der Waals surface area (Å²) in [5, 5.41) is 2.96. The second kappa shape index (κ2) is 5.27. The van der Waals surface area contributed by atoms with Crippen LogP contribution in [0.15, 0.2) is 42.5 Å². The van der Waals surface area contributed by atoms with Crippen molar-refractivity contribution in [3.8, 4) is 0 Å². The zero-order valence-electron chi connectivity index (χ0n) is 10.4. The fourth-order valence-electron chi connectivity index (χ4n) is 2.07. The summed E-state index contributed by atoms with van der Waals surface area (Å²) in [6.07, 6.45) is 0. The van der Waals surface area contributed by atoms with E-state index in [2.05, 4.69) is 5.32 Å². The van der Waals surface area contributed by atoms with Gasteiger partial charge < -0.3 is 5.32 Å². The molecule has 1 nitrogen and oxygen atoms in total. The van der Waals surface area contributed by atoms with Crippen molar-refractivity contribution in [2.45, 2.75) is 13.0 Å². The lowest BCUT2D eigenvalue weighted by Gasteiger charge is -2.19. The Balaban J connectivity index is 2.56. The Morgan fingerprint density at radius 3 is 2.28 bits per heavy atom. The van der Waals surface area contributed by atoms with Gasteiger partial charge in [-0.1, -0.05) is 36.4 Å². The summed E-state index contributed by atoms with van der Waals surface area (Å²) in [6, 6.07) is 11.6. The van der Waals surface area contributed by atoms with Gasteiger partial charge in [0, 0.05) is 5.56 Å². The Morgan fingerprint density at radius 1 is 1.00 bits per heavy atom. The molecule has 0 heterocycles. The normalized spacial score (nSPS) is 12.4. The van der Waals surface area contributed by atoms with Crippen molar-refractivity contribution < 1.29 is 8.78 Å². The molecule has 0 aliphatic rings. The zero-order chi connectivity index (χ0) is 13.1. The lowest BCUT2D eigenvalue weighted by molar-refractivity contribution is 0.517. The first-order chi connectivity index (χ1) is 8.65. The summed E-state index contributed by atoms with van der Waals surface area (Å²) in [4.78, 5) is 0. The molecule has 0 saturated carbocycles. The number of halogens is 2. The van der Waals surface area contributed by atoms with Gasteiger partial charge in [0.05, 0.1) is 6.04 Å². The first kappa shape index (κ1) is 12.7. The third-order valence-electron chi connectivity index (χ3n) is 3.03. The van der Waals surface area contributed by atoms with E-state index in [0.717, 1.165) is 5.56 Å². The molecular weight excluding hydrogens is 232 g/mol. The van der Waals surface area contributed by atoms with Crippen molar-refractivity contribution in [2.24, 2.45) is 0 Å². The molecule has 2 aromatic rings. The molecular formula is C15H15F2N. The topological polar surface area (TPSA) is 12.0 Å². The van der Waals surface area contributed by atoms with Gasteiger partial charge in [0.25, 0.3) is 0 Å². The molecule has 0 aliphatic heterocycles. The fraction of sp³-hybridized carbons (Fsp3) is 0.200. The second-order valence-corrected chi connectivity index (χ2v) is 4.22. The minimum Gasteiger partial charge on any atom is -0.309 e. The predicted octanol–water partition coefficient (Wildman–Crippen LogP) is 3.58. The van der Waals surface area contributed by atoms with E-state index < -0.39 is 17.7 Å². The average Bonchev–Trinajstić information content (AvgIpc) is 2.40. The van der Waals surface area contributed by atoms with E-state index in [0.29, 0.717) is 5.56 Å². The van der Waals surface area contributed by atoms with Gasteiger partial charge in [0.15, 0.2) is 0 Å². The molecule has 18 heavy (non-hydrogen) atoms. The molecule has 0 aliphatic carbocycles. The maximum atomic E-state index is 14.1. The summed E-state index contributed by atoms with van der Waals surface area (Å²) in [5.41, 5.74) is 1.36. The quantitative estimate of drug-likeness (QED) is 0.874. The first-order valence-corrected chi connectivity index (χ1v) is 5.82. The van der Waals surface area contributed by atoms with Gasteiger partial charge in [-0.3, -0.25) is 0 Å². The third kappa shape index (κ3) is 2.27. The maximum Gasteiger partial charge on any atom is 0.134 e. The Labute approximate surface area is 105 Å². The van der Waals surface area contributed by atoms with E-state index in [1.165, 1.54) is 12.1 Å². The second-order valence-electron chi connectivity index (χ2n) is 4.22. The minimum absolute atomic E-state index is 0.0729. The highest BCUT2D eigenvalue weighted by atomic mass is 19.1. The Kier molecular flexibility index (Phi) is 3.72. The lowest BCUT2D eigenvalue weighted by Crippen LogP contribution is -2.20. The van der Waals surface area contributed by atoms with Gasteiger partial charge in [0.2, 0.25) is 0 Å². The van der Waals surface area contributed by atoms with Crippen LogP contribution in [0.2, 0.25) is 0 Å². The highest BCUT2D eigenvalue weighted by Crippen LogP contribution is 2.28. The average molecular weight is 247 g/mol. The summed E-state index contributed by atoms with van der Waals surface area (Å²) in [7, 11) is 1.69. The molecule has 0 fully saturated rings. The standard InChI is InChI=1S/C15H15F2N/c1-10-8-9-12(16)13(14(10)17)15(18-2)11-6-4-3-5-7-11/h3-9,15,18H,1-2H3. The van der Waals surface area contributed by atoms with Crippen molar-refractivity contribution >= 4 is 0 Å². The molecule has 3 heteroatoms. The maximum absolute atomic E-state index is 14.1. The van der Waals surface area contributed by atoms with Gasteiger partial charge in [-0.2, -0.15) is 0 Å². The van der Waals surface area contributed by atoms with Crippen LogP contribution in [0.3, 0.4) is 0 Å². The van der Waals surface area contributed by atoms with E-state index in [4.69, 9.17) is 0 Å². The number of hydrogen-bond acceptors (Lipinski definition) is 1. The Hall–Kier alpha value is -1.74. The van der Waals surface area contributed by atoms with Gasteiger partial charge in [-0.15, -0.1) is 0 Å². The van der Waals surface area contributed by atoms with Gasteiger partial charge >= 0.3 is 0 Å². The zero-order valence-corrected chi connectivity index (χ0v) is 10.4. The van der Waals surface area contributed by atoms with Crippen LogP contribution in [0.1, 0.15) is 22.7 Å². The van der Waals surface area contributed by atoms with Crippen LogP contribution in [-0.4, -0.2) is 7.05 Å². The van der Waals surface area contributed by atoms with Crippen LogP contribution in [-0.2, 0) is 0 Å². The molecule has 1 atom stereocenters.